The lowest BCUT2D eigenvalue weighted by Crippen LogP contribution is -2.49. The maximum atomic E-state index is 7.13. The summed E-state index contributed by atoms with van der Waals surface area (Å²) in [5.41, 5.74) is 26.5. The number of furan rings is 1. The van der Waals surface area contributed by atoms with Gasteiger partial charge in [-0.15, -0.1) is 10.9 Å². The zero-order valence-corrected chi connectivity index (χ0v) is 36.5. The van der Waals surface area contributed by atoms with Crippen molar-refractivity contribution >= 4 is 230 Å². The van der Waals surface area contributed by atoms with Crippen molar-refractivity contribution in [2.75, 3.05) is 0 Å². The van der Waals surface area contributed by atoms with Gasteiger partial charge in [0.25, 0.3) is 0 Å². The second kappa shape index (κ2) is 13.7. The number of benzene rings is 6. The van der Waals surface area contributed by atoms with E-state index in [0.717, 1.165) is 49.6 Å². The molecular weight excluding hydrogens is 692 g/mol. The summed E-state index contributed by atoms with van der Waals surface area (Å²) in [6.45, 7) is 0. The third-order valence-electron chi connectivity index (χ3n) is 14.1. The Bertz CT molecular complexity index is 3140. The molecule has 0 amide bonds. The Morgan fingerprint density at radius 1 is 0.345 bits per heavy atom. The molecule has 0 N–H and O–H groups in total. The zero-order valence-electron chi connectivity index (χ0n) is 36.5. The molecule has 58 heavy (non-hydrogen) atoms. The average Bonchev–Trinajstić information content (AvgIpc) is 3.81. The predicted octanol–water partition coefficient (Wildman–Crippen LogP) is -14.5. The summed E-state index contributed by atoms with van der Waals surface area (Å²) in [6.07, 6.45) is 0. The van der Waals surface area contributed by atoms with E-state index in [1.807, 2.05) is 36.4 Å². The minimum absolute atomic E-state index is 0.649. The Morgan fingerprint density at radius 2 is 0.741 bits per heavy atom. The Morgan fingerprint density at radius 3 is 1.22 bits per heavy atom. The van der Waals surface area contributed by atoms with Crippen molar-refractivity contribution in [1.29, 1.82) is 0 Å². The van der Waals surface area contributed by atoms with E-state index >= 15 is 0 Å². The maximum Gasteiger partial charge on any atom is 0.164 e. The molecule has 0 atom stereocenters. The van der Waals surface area contributed by atoms with Gasteiger partial charge in [-0.25, -0.2) is 15.0 Å². The van der Waals surface area contributed by atoms with Gasteiger partial charge in [0.1, 0.15) is 121 Å². The minimum Gasteiger partial charge on any atom is -0.457 e. The van der Waals surface area contributed by atoms with Crippen LogP contribution in [0.3, 0.4) is 0 Å². The molecule has 0 bridgehead atoms. The van der Waals surface area contributed by atoms with Crippen LogP contribution in [0.5, 0.6) is 0 Å². The van der Waals surface area contributed by atoms with Gasteiger partial charge >= 0.3 is 0 Å². The summed E-state index contributed by atoms with van der Waals surface area (Å²) in [7, 11) is 31.9. The van der Waals surface area contributed by atoms with E-state index in [4.69, 9.17) is 19.4 Å². The average molecular weight is 730 g/mol. The van der Waals surface area contributed by atoms with Crippen molar-refractivity contribution in [2.24, 2.45) is 0 Å². The molecule has 5 nitrogen and oxygen atoms in total. The van der Waals surface area contributed by atoms with Gasteiger partial charge in [0.05, 0.1) is 0 Å². The van der Waals surface area contributed by atoms with Gasteiger partial charge in [-0.05, 0) is 16.2 Å². The standard InChI is InChI=1S/C39H38B14N4O/c40-18-13-14-19(41)25(47)27(49)29(51)33(14)57(32(13)28(50)26(48)24(18)46)34-22(44)16-15-20(42)21(43)17(23(45)35(15)58-36(16)31(53)30(34)52)39-55-37(11-7-3-1-4-8-11)54-38(56-39)12-9-5-2-6-10-12/h1-10H,40-53H2. The molecule has 6 aromatic carbocycles. The summed E-state index contributed by atoms with van der Waals surface area (Å²) >= 11 is 0. The van der Waals surface area contributed by atoms with E-state index in [1.54, 1.807) is 0 Å². The Kier molecular flexibility index (Phi) is 9.07. The number of hydrogen-bond acceptors (Lipinski definition) is 4. The summed E-state index contributed by atoms with van der Waals surface area (Å²) in [6, 6.07) is 20.4. The van der Waals surface area contributed by atoms with Crippen molar-refractivity contribution in [1.82, 2.24) is 19.5 Å². The van der Waals surface area contributed by atoms with Crippen LogP contribution in [0.1, 0.15) is 0 Å². The van der Waals surface area contributed by atoms with E-state index in [0.29, 0.717) is 17.5 Å². The number of fused-ring (bicyclic) bond motifs is 6. The van der Waals surface area contributed by atoms with E-state index in [-0.39, 0.29) is 0 Å². The normalized spacial score (nSPS) is 11.7. The molecule has 0 spiro atoms. The lowest BCUT2D eigenvalue weighted by Gasteiger charge is -2.22. The Hall–Kier alpha value is -5.16. The molecule has 9 rings (SSSR count). The fraction of sp³-hybridized carbons (Fsp3) is 0. The highest BCUT2D eigenvalue weighted by Crippen LogP contribution is 2.31. The van der Waals surface area contributed by atoms with Crippen LogP contribution in [-0.4, -0.2) is 129 Å². The van der Waals surface area contributed by atoms with Crippen LogP contribution in [0.25, 0.3) is 83.6 Å². The number of aromatic nitrogens is 4. The zero-order chi connectivity index (χ0) is 41.2. The monoisotopic (exact) mass is 732 g/mol. The second-order valence-electron chi connectivity index (χ2n) is 16.8. The van der Waals surface area contributed by atoms with Crippen molar-refractivity contribution in [2.45, 2.75) is 0 Å². The first-order valence-corrected chi connectivity index (χ1v) is 20.5. The van der Waals surface area contributed by atoms with Gasteiger partial charge in [-0.3, -0.25) is 0 Å². The van der Waals surface area contributed by atoms with Gasteiger partial charge in [0.2, 0.25) is 0 Å². The highest BCUT2D eigenvalue weighted by Gasteiger charge is 2.29. The maximum absolute atomic E-state index is 7.13. The quantitative estimate of drug-likeness (QED) is 0.169. The van der Waals surface area contributed by atoms with Crippen LogP contribution in [0.15, 0.2) is 65.1 Å². The van der Waals surface area contributed by atoms with Crippen molar-refractivity contribution in [3.05, 3.63) is 60.7 Å². The van der Waals surface area contributed by atoms with Crippen molar-refractivity contribution in [3.63, 3.8) is 0 Å². The van der Waals surface area contributed by atoms with Gasteiger partial charge < -0.3 is 8.98 Å². The summed E-state index contributed by atoms with van der Waals surface area (Å²) in [5, 5.41) is 5.10. The van der Waals surface area contributed by atoms with Crippen molar-refractivity contribution in [3.8, 4) is 39.9 Å². The molecule has 0 saturated carbocycles. The van der Waals surface area contributed by atoms with Gasteiger partial charge in [0.15, 0.2) is 17.5 Å². The Labute approximate surface area is 352 Å². The predicted molar refractivity (Wildman–Crippen MR) is 292 cm³/mol. The van der Waals surface area contributed by atoms with Crippen molar-refractivity contribution < 1.29 is 4.42 Å². The van der Waals surface area contributed by atoms with Crippen LogP contribution in [0, 0.1) is 0 Å². The molecule has 0 aliphatic carbocycles. The largest absolute Gasteiger partial charge is 0.457 e. The van der Waals surface area contributed by atoms with Crippen LogP contribution in [0.4, 0.5) is 0 Å². The van der Waals surface area contributed by atoms with Crippen LogP contribution in [0.2, 0.25) is 0 Å². The smallest absolute Gasteiger partial charge is 0.164 e. The third kappa shape index (κ3) is 5.27. The van der Waals surface area contributed by atoms with Crippen LogP contribution < -0.4 is 76.5 Å². The molecular formula is C39H38B14N4O. The Balaban J connectivity index is 1.40. The highest BCUT2D eigenvalue weighted by atomic mass is 16.3. The number of nitrogens with zero attached hydrogens (tertiary/aromatic N) is 4. The molecule has 0 unspecified atom stereocenters. The SMILES string of the molecule is Bc1c(-n2c3c(B)c(B)c(B)c(B)c3c3c(B)c(B)c(B)c(B)c32)c(B)c2c(oc3c(B)c(-c4nc(-c5ccccc5)nc(-c5ccccc5)n4)c(B)c(B)c32)c1B. The van der Waals surface area contributed by atoms with E-state index in [2.05, 4.69) is 139 Å². The summed E-state index contributed by atoms with van der Waals surface area (Å²) < 4.78 is 9.76. The van der Waals surface area contributed by atoms with E-state index < -0.39 is 0 Å². The fourth-order valence-corrected chi connectivity index (χ4v) is 9.88. The van der Waals surface area contributed by atoms with Crippen LogP contribution >= 0.6 is 0 Å². The fourth-order valence-electron chi connectivity index (χ4n) is 9.88. The first-order valence-electron chi connectivity index (χ1n) is 20.5. The molecule has 0 radical (unpaired) electrons. The topological polar surface area (TPSA) is 56.7 Å². The molecule has 19 heteroatoms. The van der Waals surface area contributed by atoms with Crippen LogP contribution in [-0.2, 0) is 0 Å². The van der Waals surface area contributed by atoms with E-state index in [9.17, 15) is 0 Å². The molecule has 0 aliphatic rings. The molecule has 0 fully saturated rings. The minimum atomic E-state index is 0.649. The molecule has 0 aliphatic heterocycles. The lowest BCUT2D eigenvalue weighted by atomic mass is 9.63. The van der Waals surface area contributed by atoms with E-state index in [1.165, 1.54) is 93.0 Å². The van der Waals surface area contributed by atoms with Gasteiger partial charge in [-0.2, -0.15) is 0 Å². The third-order valence-corrected chi connectivity index (χ3v) is 14.1. The molecule has 262 valence electrons. The first-order chi connectivity index (χ1) is 27.6. The van der Waals surface area contributed by atoms with Gasteiger partial charge in [-0.1, -0.05) is 121 Å². The molecule has 0 saturated heterocycles. The number of hydrogen-bond donors (Lipinski definition) is 0. The first kappa shape index (κ1) is 38.4. The number of rotatable bonds is 4. The summed E-state index contributed by atoms with van der Waals surface area (Å²) in [4.78, 5) is 15.3. The second-order valence-corrected chi connectivity index (χ2v) is 16.8. The molecule has 3 aromatic heterocycles. The van der Waals surface area contributed by atoms with Gasteiger partial charge in [0, 0.05) is 44.2 Å². The molecule has 9 aromatic rings. The lowest BCUT2D eigenvalue weighted by molar-refractivity contribution is 0.674. The molecule has 3 heterocycles. The summed E-state index contributed by atoms with van der Waals surface area (Å²) in [5.74, 6) is 1.95. The highest BCUT2D eigenvalue weighted by molar-refractivity contribution is 6.72.